The van der Waals surface area contributed by atoms with Gasteiger partial charge in [-0.05, 0) is 45.1 Å². The number of carbonyl (C=O) groups is 1. The molecule has 19 heavy (non-hydrogen) atoms. The van der Waals surface area contributed by atoms with Crippen molar-refractivity contribution in [3.8, 4) is 0 Å². The highest BCUT2D eigenvalue weighted by Crippen LogP contribution is 2.21. The van der Waals surface area contributed by atoms with Gasteiger partial charge in [0.25, 0.3) is 0 Å². The van der Waals surface area contributed by atoms with E-state index in [2.05, 4.69) is 31.0 Å². The van der Waals surface area contributed by atoms with Crippen LogP contribution in [0.15, 0.2) is 0 Å². The summed E-state index contributed by atoms with van der Waals surface area (Å²) in [6.45, 7) is 7.85. The molecule has 1 rings (SSSR count). The van der Waals surface area contributed by atoms with Gasteiger partial charge < -0.3 is 11.1 Å². The SMILES string of the molecule is CCC(CC)NC(=O)CN(CC)C1CCC(N)CC1. The highest BCUT2D eigenvalue weighted by atomic mass is 16.2. The van der Waals surface area contributed by atoms with Crippen LogP contribution in [0, 0.1) is 0 Å². The summed E-state index contributed by atoms with van der Waals surface area (Å²) < 4.78 is 0. The number of rotatable bonds is 7. The predicted octanol–water partition coefficient (Wildman–Crippen LogP) is 1.88. The van der Waals surface area contributed by atoms with Gasteiger partial charge in [0.05, 0.1) is 6.54 Å². The minimum Gasteiger partial charge on any atom is -0.352 e. The summed E-state index contributed by atoms with van der Waals surface area (Å²) >= 11 is 0. The quantitative estimate of drug-likeness (QED) is 0.742. The van der Waals surface area contributed by atoms with E-state index < -0.39 is 0 Å². The van der Waals surface area contributed by atoms with Gasteiger partial charge in [0.15, 0.2) is 0 Å². The van der Waals surface area contributed by atoms with Gasteiger partial charge in [0.1, 0.15) is 0 Å². The van der Waals surface area contributed by atoms with E-state index in [-0.39, 0.29) is 5.91 Å². The van der Waals surface area contributed by atoms with Crippen LogP contribution < -0.4 is 11.1 Å². The molecule has 0 atom stereocenters. The number of nitrogens with zero attached hydrogens (tertiary/aromatic N) is 1. The average Bonchev–Trinajstić information content (AvgIpc) is 2.43. The van der Waals surface area contributed by atoms with Crippen LogP contribution in [0.1, 0.15) is 59.3 Å². The van der Waals surface area contributed by atoms with E-state index in [0.717, 1.165) is 45.1 Å². The predicted molar refractivity (Wildman–Crippen MR) is 80.0 cm³/mol. The molecule has 1 aliphatic rings. The molecule has 0 aliphatic heterocycles. The van der Waals surface area contributed by atoms with Crippen molar-refractivity contribution < 1.29 is 4.79 Å². The van der Waals surface area contributed by atoms with E-state index in [1.807, 2.05) is 0 Å². The Hall–Kier alpha value is -0.610. The molecule has 4 heteroatoms. The molecule has 0 radical (unpaired) electrons. The van der Waals surface area contributed by atoms with Crippen LogP contribution in [0.3, 0.4) is 0 Å². The third-order valence-corrected chi connectivity index (χ3v) is 4.36. The maximum Gasteiger partial charge on any atom is 0.234 e. The molecule has 112 valence electrons. The van der Waals surface area contributed by atoms with Gasteiger partial charge in [-0.15, -0.1) is 0 Å². The van der Waals surface area contributed by atoms with Crippen LogP contribution >= 0.6 is 0 Å². The molecule has 1 fully saturated rings. The number of hydrogen-bond acceptors (Lipinski definition) is 3. The third-order valence-electron chi connectivity index (χ3n) is 4.36. The van der Waals surface area contributed by atoms with Crippen molar-refractivity contribution in [1.82, 2.24) is 10.2 Å². The summed E-state index contributed by atoms with van der Waals surface area (Å²) in [6.07, 6.45) is 6.46. The second-order valence-corrected chi connectivity index (χ2v) is 5.71. The molecule has 0 heterocycles. The normalized spacial score (nSPS) is 23.9. The maximum absolute atomic E-state index is 12.1. The van der Waals surface area contributed by atoms with Crippen LogP contribution in [-0.4, -0.2) is 42.0 Å². The lowest BCUT2D eigenvalue weighted by molar-refractivity contribution is -0.123. The van der Waals surface area contributed by atoms with E-state index >= 15 is 0 Å². The number of nitrogens with two attached hydrogens (primary N) is 1. The molecule has 1 aliphatic carbocycles. The molecule has 0 aromatic heterocycles. The molecule has 4 nitrogen and oxygen atoms in total. The Morgan fingerprint density at radius 3 is 2.26 bits per heavy atom. The monoisotopic (exact) mass is 269 g/mol. The van der Waals surface area contributed by atoms with Crippen LogP contribution in [0.5, 0.6) is 0 Å². The van der Waals surface area contributed by atoms with Gasteiger partial charge in [-0.3, -0.25) is 9.69 Å². The first kappa shape index (κ1) is 16.4. The number of carbonyl (C=O) groups excluding carboxylic acids is 1. The van der Waals surface area contributed by atoms with Gasteiger partial charge in [-0.1, -0.05) is 20.8 Å². The van der Waals surface area contributed by atoms with Crippen molar-refractivity contribution in [2.45, 2.75) is 77.4 Å². The van der Waals surface area contributed by atoms with Crippen LogP contribution in [0.4, 0.5) is 0 Å². The minimum atomic E-state index is 0.172. The Bertz CT molecular complexity index is 258. The highest BCUT2D eigenvalue weighted by Gasteiger charge is 2.24. The maximum atomic E-state index is 12.1. The van der Waals surface area contributed by atoms with Gasteiger partial charge in [0.2, 0.25) is 5.91 Å². The first-order valence-electron chi connectivity index (χ1n) is 7.89. The van der Waals surface area contributed by atoms with Crippen LogP contribution in [0.25, 0.3) is 0 Å². The fourth-order valence-electron chi connectivity index (χ4n) is 2.92. The van der Waals surface area contributed by atoms with E-state index in [0.29, 0.717) is 24.7 Å². The van der Waals surface area contributed by atoms with Crippen molar-refractivity contribution in [1.29, 1.82) is 0 Å². The zero-order chi connectivity index (χ0) is 14.3. The minimum absolute atomic E-state index is 0.172. The lowest BCUT2D eigenvalue weighted by Gasteiger charge is -2.35. The molecular weight excluding hydrogens is 238 g/mol. The zero-order valence-electron chi connectivity index (χ0n) is 12.8. The lowest BCUT2D eigenvalue weighted by atomic mass is 9.90. The van der Waals surface area contributed by atoms with Crippen molar-refractivity contribution in [3.63, 3.8) is 0 Å². The topological polar surface area (TPSA) is 58.4 Å². The summed E-state index contributed by atoms with van der Waals surface area (Å²) in [7, 11) is 0. The molecule has 1 amide bonds. The van der Waals surface area contributed by atoms with E-state index in [1.54, 1.807) is 0 Å². The second-order valence-electron chi connectivity index (χ2n) is 5.71. The van der Waals surface area contributed by atoms with Crippen molar-refractivity contribution in [3.05, 3.63) is 0 Å². The summed E-state index contributed by atoms with van der Waals surface area (Å²) in [5, 5.41) is 3.12. The summed E-state index contributed by atoms with van der Waals surface area (Å²) in [5.74, 6) is 0.172. The van der Waals surface area contributed by atoms with Crippen molar-refractivity contribution in [2.75, 3.05) is 13.1 Å². The average molecular weight is 269 g/mol. The Labute approximate surface area is 118 Å². The Morgan fingerprint density at radius 2 is 1.79 bits per heavy atom. The largest absolute Gasteiger partial charge is 0.352 e. The molecule has 0 bridgehead atoms. The highest BCUT2D eigenvalue weighted by molar-refractivity contribution is 5.78. The van der Waals surface area contributed by atoms with Gasteiger partial charge in [-0.2, -0.15) is 0 Å². The second kappa shape index (κ2) is 8.54. The van der Waals surface area contributed by atoms with E-state index in [1.165, 1.54) is 0 Å². The molecule has 0 aromatic carbocycles. The fourth-order valence-corrected chi connectivity index (χ4v) is 2.92. The number of hydrogen-bond donors (Lipinski definition) is 2. The molecule has 0 saturated heterocycles. The zero-order valence-corrected chi connectivity index (χ0v) is 12.8. The van der Waals surface area contributed by atoms with Crippen molar-refractivity contribution >= 4 is 5.91 Å². The molecular formula is C15H31N3O. The standard InChI is InChI=1S/C15H31N3O/c1-4-13(5-2)17-15(19)11-18(6-3)14-9-7-12(16)8-10-14/h12-14H,4-11,16H2,1-3H3,(H,17,19). The summed E-state index contributed by atoms with van der Waals surface area (Å²) in [6, 6.07) is 1.23. The molecule has 0 spiro atoms. The van der Waals surface area contributed by atoms with E-state index in [9.17, 15) is 4.79 Å². The fraction of sp³-hybridized carbons (Fsp3) is 0.933. The van der Waals surface area contributed by atoms with Gasteiger partial charge in [-0.25, -0.2) is 0 Å². The smallest absolute Gasteiger partial charge is 0.234 e. The molecule has 3 N–H and O–H groups in total. The third kappa shape index (κ3) is 5.49. The first-order chi connectivity index (χ1) is 9.10. The molecule has 0 aromatic rings. The summed E-state index contributed by atoms with van der Waals surface area (Å²) in [4.78, 5) is 14.4. The molecule has 0 unspecified atom stereocenters. The van der Waals surface area contributed by atoms with Crippen LogP contribution in [-0.2, 0) is 4.79 Å². The Morgan fingerprint density at radius 1 is 1.21 bits per heavy atom. The van der Waals surface area contributed by atoms with Gasteiger partial charge in [0, 0.05) is 18.1 Å². The Balaban J connectivity index is 2.41. The number of nitrogens with one attached hydrogen (secondary N) is 1. The Kier molecular flexibility index (Phi) is 7.39. The van der Waals surface area contributed by atoms with Crippen molar-refractivity contribution in [2.24, 2.45) is 5.73 Å². The summed E-state index contributed by atoms with van der Waals surface area (Å²) in [5.41, 5.74) is 5.94. The van der Waals surface area contributed by atoms with Gasteiger partial charge >= 0.3 is 0 Å². The number of likely N-dealkylation sites (N-methyl/N-ethyl adjacent to an activating group) is 1. The van der Waals surface area contributed by atoms with Crippen LogP contribution in [0.2, 0.25) is 0 Å². The number of amides is 1. The van der Waals surface area contributed by atoms with E-state index in [4.69, 9.17) is 5.73 Å². The first-order valence-corrected chi connectivity index (χ1v) is 7.89. The molecule has 1 saturated carbocycles. The lowest BCUT2D eigenvalue weighted by Crippen LogP contribution is -2.47.